The largest absolute Gasteiger partial charge is 0.496 e. The van der Waals surface area contributed by atoms with Crippen molar-refractivity contribution in [3.05, 3.63) is 34.5 Å². The van der Waals surface area contributed by atoms with Gasteiger partial charge in [0.05, 0.1) is 18.0 Å². The molecule has 0 fully saturated rings. The van der Waals surface area contributed by atoms with Gasteiger partial charge in [-0.15, -0.1) is 11.3 Å². The van der Waals surface area contributed by atoms with Gasteiger partial charge in [0.15, 0.2) is 0 Å². The minimum Gasteiger partial charge on any atom is -0.496 e. The molecule has 0 aliphatic rings. The molecule has 0 aromatic carbocycles. The molecule has 2 aromatic rings. The summed E-state index contributed by atoms with van der Waals surface area (Å²) in [6.45, 7) is 6.15. The van der Waals surface area contributed by atoms with Crippen molar-refractivity contribution in [1.82, 2.24) is 14.9 Å². The highest BCUT2D eigenvalue weighted by Gasteiger charge is 2.19. The summed E-state index contributed by atoms with van der Waals surface area (Å²) in [4.78, 5) is 5.71. The summed E-state index contributed by atoms with van der Waals surface area (Å²) in [6, 6.07) is 2.28. The van der Waals surface area contributed by atoms with E-state index in [1.54, 1.807) is 18.4 Å². The highest BCUT2D eigenvalue weighted by molar-refractivity contribution is 7.10. The standard InChI is InChI=1S/C14H21N3OS/c1-4-15-11(14-12(18-3)6-9-19-14)10-13-16-7-8-17(13)5-2/h6-9,11,15H,4-5,10H2,1-3H3. The van der Waals surface area contributed by atoms with Gasteiger partial charge in [0.1, 0.15) is 11.6 Å². The summed E-state index contributed by atoms with van der Waals surface area (Å²) in [5, 5.41) is 5.60. The Hall–Kier alpha value is -1.33. The number of ether oxygens (including phenoxy) is 1. The van der Waals surface area contributed by atoms with E-state index in [9.17, 15) is 0 Å². The molecule has 104 valence electrons. The fourth-order valence-electron chi connectivity index (χ4n) is 2.24. The maximum Gasteiger partial charge on any atom is 0.134 e. The Kier molecular flexibility index (Phi) is 4.99. The number of nitrogens with one attached hydrogen (secondary N) is 1. The molecule has 1 unspecified atom stereocenters. The molecular formula is C14H21N3OS. The van der Waals surface area contributed by atoms with E-state index >= 15 is 0 Å². The first-order valence-electron chi connectivity index (χ1n) is 6.64. The Morgan fingerprint density at radius 3 is 3.00 bits per heavy atom. The van der Waals surface area contributed by atoms with Gasteiger partial charge >= 0.3 is 0 Å². The second-order valence-corrected chi connectivity index (χ2v) is 5.24. The molecule has 0 amide bonds. The van der Waals surface area contributed by atoms with Gasteiger partial charge in [-0.2, -0.15) is 0 Å². The van der Waals surface area contributed by atoms with Gasteiger partial charge in [0.2, 0.25) is 0 Å². The van der Waals surface area contributed by atoms with Crippen LogP contribution in [0.1, 0.15) is 30.6 Å². The highest BCUT2D eigenvalue weighted by atomic mass is 32.1. The zero-order chi connectivity index (χ0) is 13.7. The first-order chi connectivity index (χ1) is 9.30. The first-order valence-corrected chi connectivity index (χ1v) is 7.52. The second-order valence-electron chi connectivity index (χ2n) is 4.30. The van der Waals surface area contributed by atoms with Crippen LogP contribution in [0.15, 0.2) is 23.8 Å². The number of nitrogens with zero attached hydrogens (tertiary/aromatic N) is 2. The Morgan fingerprint density at radius 1 is 1.47 bits per heavy atom. The number of hydrogen-bond acceptors (Lipinski definition) is 4. The molecule has 0 radical (unpaired) electrons. The molecular weight excluding hydrogens is 258 g/mol. The number of aryl methyl sites for hydroxylation is 1. The highest BCUT2D eigenvalue weighted by Crippen LogP contribution is 2.32. The van der Waals surface area contributed by atoms with Crippen LogP contribution in [0.4, 0.5) is 0 Å². The lowest BCUT2D eigenvalue weighted by molar-refractivity contribution is 0.402. The predicted molar refractivity (Wildman–Crippen MR) is 78.9 cm³/mol. The second kappa shape index (κ2) is 6.73. The lowest BCUT2D eigenvalue weighted by Gasteiger charge is -2.18. The molecule has 2 aromatic heterocycles. The van der Waals surface area contributed by atoms with Crippen LogP contribution in [0.5, 0.6) is 5.75 Å². The average molecular weight is 279 g/mol. The van der Waals surface area contributed by atoms with E-state index in [1.165, 1.54) is 4.88 Å². The smallest absolute Gasteiger partial charge is 0.134 e. The monoisotopic (exact) mass is 279 g/mol. The predicted octanol–water partition coefficient (Wildman–Crippen LogP) is 2.87. The number of thiophene rings is 1. The maximum absolute atomic E-state index is 5.43. The normalized spacial score (nSPS) is 12.6. The van der Waals surface area contributed by atoms with Crippen LogP contribution in [-0.2, 0) is 13.0 Å². The van der Waals surface area contributed by atoms with Gasteiger partial charge in [-0.25, -0.2) is 4.98 Å². The van der Waals surface area contributed by atoms with Crippen LogP contribution in [0, 0.1) is 0 Å². The SMILES string of the molecule is CCNC(Cc1nccn1CC)c1sccc1OC. The van der Waals surface area contributed by atoms with Crippen molar-refractivity contribution in [1.29, 1.82) is 0 Å². The first kappa shape index (κ1) is 14.1. The van der Waals surface area contributed by atoms with Crippen molar-refractivity contribution in [2.24, 2.45) is 0 Å². The zero-order valence-corrected chi connectivity index (χ0v) is 12.5. The van der Waals surface area contributed by atoms with Crippen LogP contribution in [-0.4, -0.2) is 23.2 Å². The number of imidazole rings is 1. The summed E-state index contributed by atoms with van der Waals surface area (Å²) < 4.78 is 7.62. The molecule has 0 saturated carbocycles. The molecule has 0 aliphatic carbocycles. The average Bonchev–Trinajstić information content (AvgIpc) is 3.06. The molecule has 0 spiro atoms. The number of methoxy groups -OCH3 is 1. The lowest BCUT2D eigenvalue weighted by atomic mass is 10.1. The Labute approximate surface area is 118 Å². The van der Waals surface area contributed by atoms with Crippen LogP contribution in [0.25, 0.3) is 0 Å². The third-order valence-electron chi connectivity index (χ3n) is 3.17. The minimum atomic E-state index is 0.257. The number of hydrogen-bond donors (Lipinski definition) is 1. The van der Waals surface area contributed by atoms with Crippen LogP contribution in [0.2, 0.25) is 0 Å². The molecule has 4 nitrogen and oxygen atoms in total. The minimum absolute atomic E-state index is 0.257. The summed E-state index contributed by atoms with van der Waals surface area (Å²) in [5.74, 6) is 2.08. The van der Waals surface area contributed by atoms with E-state index in [1.807, 2.05) is 18.5 Å². The summed E-state index contributed by atoms with van der Waals surface area (Å²) >= 11 is 1.73. The van der Waals surface area contributed by atoms with Crippen molar-refractivity contribution < 1.29 is 4.74 Å². The zero-order valence-electron chi connectivity index (χ0n) is 11.7. The Morgan fingerprint density at radius 2 is 2.32 bits per heavy atom. The van der Waals surface area contributed by atoms with Crippen molar-refractivity contribution in [2.45, 2.75) is 32.9 Å². The number of aromatic nitrogens is 2. The van der Waals surface area contributed by atoms with E-state index in [0.29, 0.717) is 0 Å². The molecule has 0 saturated heterocycles. The molecule has 0 aliphatic heterocycles. The fraction of sp³-hybridized carbons (Fsp3) is 0.500. The molecule has 2 rings (SSSR count). The van der Waals surface area contributed by atoms with Crippen LogP contribution in [0.3, 0.4) is 0 Å². The van der Waals surface area contributed by atoms with Gasteiger partial charge in [-0.1, -0.05) is 6.92 Å². The fourth-order valence-corrected chi connectivity index (χ4v) is 3.17. The molecule has 1 atom stereocenters. The van der Waals surface area contributed by atoms with Crippen LogP contribution < -0.4 is 10.1 Å². The van der Waals surface area contributed by atoms with E-state index in [0.717, 1.165) is 31.1 Å². The van der Waals surface area contributed by atoms with Gasteiger partial charge in [0.25, 0.3) is 0 Å². The molecule has 1 N–H and O–H groups in total. The topological polar surface area (TPSA) is 39.1 Å². The third kappa shape index (κ3) is 3.16. The van der Waals surface area contributed by atoms with E-state index in [-0.39, 0.29) is 6.04 Å². The van der Waals surface area contributed by atoms with Crippen molar-refractivity contribution >= 4 is 11.3 Å². The van der Waals surface area contributed by atoms with E-state index in [4.69, 9.17) is 4.74 Å². The van der Waals surface area contributed by atoms with E-state index < -0.39 is 0 Å². The van der Waals surface area contributed by atoms with Gasteiger partial charge in [-0.3, -0.25) is 0 Å². The summed E-state index contributed by atoms with van der Waals surface area (Å²) in [6.07, 6.45) is 4.78. The van der Waals surface area contributed by atoms with Gasteiger partial charge in [-0.05, 0) is 24.9 Å². The van der Waals surface area contributed by atoms with Crippen molar-refractivity contribution in [2.75, 3.05) is 13.7 Å². The maximum atomic E-state index is 5.43. The van der Waals surface area contributed by atoms with Crippen molar-refractivity contribution in [3.63, 3.8) is 0 Å². The van der Waals surface area contributed by atoms with Crippen molar-refractivity contribution in [3.8, 4) is 5.75 Å². The quantitative estimate of drug-likeness (QED) is 0.847. The van der Waals surface area contributed by atoms with Gasteiger partial charge in [0, 0.05) is 25.4 Å². The molecule has 2 heterocycles. The lowest BCUT2D eigenvalue weighted by Crippen LogP contribution is -2.24. The van der Waals surface area contributed by atoms with Crippen LogP contribution >= 0.6 is 11.3 Å². The Balaban J connectivity index is 2.21. The summed E-state index contributed by atoms with van der Waals surface area (Å²) in [5.41, 5.74) is 0. The third-order valence-corrected chi connectivity index (χ3v) is 4.19. The molecule has 0 bridgehead atoms. The summed E-state index contributed by atoms with van der Waals surface area (Å²) in [7, 11) is 1.72. The number of rotatable bonds is 7. The van der Waals surface area contributed by atoms with Gasteiger partial charge < -0.3 is 14.6 Å². The van der Waals surface area contributed by atoms with E-state index in [2.05, 4.69) is 34.1 Å². The molecule has 19 heavy (non-hydrogen) atoms. The Bertz CT molecular complexity index is 506. The number of likely N-dealkylation sites (N-methyl/N-ethyl adjacent to an activating group) is 1. The molecule has 5 heteroatoms.